The summed E-state index contributed by atoms with van der Waals surface area (Å²) < 4.78 is 10.6. The number of nitrogens with one attached hydrogen (secondary N) is 1. The highest BCUT2D eigenvalue weighted by atomic mass is 16.6. The van der Waals surface area contributed by atoms with Crippen LogP contribution in [0.3, 0.4) is 0 Å². The molecule has 1 saturated heterocycles. The molecule has 0 amide bonds. The highest BCUT2D eigenvalue weighted by Crippen LogP contribution is 2.41. The van der Waals surface area contributed by atoms with Crippen molar-refractivity contribution in [2.24, 2.45) is 5.92 Å². The van der Waals surface area contributed by atoms with Crippen molar-refractivity contribution in [1.82, 2.24) is 5.32 Å². The lowest BCUT2D eigenvalue weighted by Crippen LogP contribution is -2.46. The maximum Gasteiger partial charge on any atom is 0.308 e. The number of carbonyl (C=O) groups excluding carboxylic acids is 2. The molecule has 1 aliphatic carbocycles. The van der Waals surface area contributed by atoms with Gasteiger partial charge in [-0.15, -0.1) is 0 Å². The van der Waals surface area contributed by atoms with Crippen LogP contribution in [0, 0.1) is 5.92 Å². The molecule has 1 N–H and O–H groups in total. The summed E-state index contributed by atoms with van der Waals surface area (Å²) in [5, 5.41) is 3.58. The van der Waals surface area contributed by atoms with Crippen LogP contribution >= 0.6 is 0 Å². The molecular weight excluding hydrogens is 282 g/mol. The molecule has 5 heteroatoms. The van der Waals surface area contributed by atoms with Crippen LogP contribution < -0.4 is 14.8 Å². The molecule has 22 heavy (non-hydrogen) atoms. The number of ether oxygens (including phenoxy) is 2. The van der Waals surface area contributed by atoms with Gasteiger partial charge in [-0.25, -0.2) is 0 Å². The Bertz CT molecular complexity index is 611. The molecule has 0 unspecified atom stereocenters. The largest absolute Gasteiger partial charge is 0.423 e. The second kappa shape index (κ2) is 6.08. The van der Waals surface area contributed by atoms with E-state index < -0.39 is 11.9 Å². The number of hydrogen-bond acceptors (Lipinski definition) is 5. The van der Waals surface area contributed by atoms with Gasteiger partial charge < -0.3 is 14.8 Å². The molecule has 0 aromatic heterocycles. The van der Waals surface area contributed by atoms with Gasteiger partial charge in [0.1, 0.15) is 0 Å². The maximum absolute atomic E-state index is 11.4. The van der Waals surface area contributed by atoms with Gasteiger partial charge in [0.05, 0.1) is 0 Å². The van der Waals surface area contributed by atoms with Crippen LogP contribution in [0.5, 0.6) is 11.5 Å². The number of carbonyl (C=O) groups is 2. The van der Waals surface area contributed by atoms with Crippen molar-refractivity contribution in [1.29, 1.82) is 0 Å². The molecule has 3 rings (SSSR count). The van der Waals surface area contributed by atoms with E-state index >= 15 is 0 Å². The standard InChI is InChI=1S/C17H21NO4/c1-10(19)21-16-6-5-12-9-15-13(4-3-7-18-15)8-14(12)17(16)22-11(2)20/h5-6,13,15,18H,3-4,7-9H2,1-2H3/t13-,15-/m0/s1. The fourth-order valence-corrected chi connectivity index (χ4v) is 3.55. The minimum atomic E-state index is -0.415. The second-order valence-electron chi connectivity index (χ2n) is 6.09. The summed E-state index contributed by atoms with van der Waals surface area (Å²) in [4.78, 5) is 22.7. The predicted molar refractivity (Wildman–Crippen MR) is 81.0 cm³/mol. The number of esters is 2. The van der Waals surface area contributed by atoms with Crippen molar-refractivity contribution >= 4 is 11.9 Å². The number of hydrogen-bond donors (Lipinski definition) is 1. The van der Waals surface area contributed by atoms with E-state index in [1.807, 2.05) is 6.07 Å². The van der Waals surface area contributed by atoms with Crippen LogP contribution in [0.15, 0.2) is 12.1 Å². The van der Waals surface area contributed by atoms with E-state index in [4.69, 9.17) is 9.47 Å². The van der Waals surface area contributed by atoms with E-state index in [1.165, 1.54) is 32.3 Å². The normalized spacial score (nSPS) is 23.2. The first-order chi connectivity index (χ1) is 10.5. The first-order valence-corrected chi connectivity index (χ1v) is 7.79. The first kappa shape index (κ1) is 15.0. The Kier molecular flexibility index (Phi) is 4.16. The third kappa shape index (κ3) is 2.99. The highest BCUT2D eigenvalue weighted by molar-refractivity contribution is 5.75. The van der Waals surface area contributed by atoms with Gasteiger partial charge in [-0.2, -0.15) is 0 Å². The summed E-state index contributed by atoms with van der Waals surface area (Å²) in [6.07, 6.45) is 4.12. The van der Waals surface area contributed by atoms with Gasteiger partial charge in [0.15, 0.2) is 11.5 Å². The second-order valence-corrected chi connectivity index (χ2v) is 6.09. The summed E-state index contributed by atoms with van der Waals surface area (Å²) in [6, 6.07) is 4.19. The molecule has 1 heterocycles. The number of rotatable bonds is 2. The topological polar surface area (TPSA) is 64.6 Å². The lowest BCUT2D eigenvalue weighted by molar-refractivity contribution is -0.134. The molecule has 0 saturated carbocycles. The average molecular weight is 303 g/mol. The molecule has 0 bridgehead atoms. The van der Waals surface area contributed by atoms with E-state index in [0.29, 0.717) is 23.5 Å². The van der Waals surface area contributed by atoms with Crippen LogP contribution in [0.25, 0.3) is 0 Å². The van der Waals surface area contributed by atoms with Crippen molar-refractivity contribution in [3.63, 3.8) is 0 Å². The summed E-state index contributed by atoms with van der Waals surface area (Å²) in [5.41, 5.74) is 2.18. The number of benzene rings is 1. The number of piperidine rings is 1. The van der Waals surface area contributed by atoms with Gasteiger partial charge >= 0.3 is 11.9 Å². The Morgan fingerprint density at radius 2 is 1.91 bits per heavy atom. The van der Waals surface area contributed by atoms with Crippen LogP contribution in [0.2, 0.25) is 0 Å². The van der Waals surface area contributed by atoms with Crippen molar-refractivity contribution in [3.05, 3.63) is 23.3 Å². The van der Waals surface area contributed by atoms with Gasteiger partial charge in [0.25, 0.3) is 0 Å². The smallest absolute Gasteiger partial charge is 0.308 e. The SMILES string of the molecule is CC(=O)Oc1ccc2c(c1OC(C)=O)C[C@@H]1CCCN[C@H]1C2. The van der Waals surface area contributed by atoms with Gasteiger partial charge in [-0.05, 0) is 49.8 Å². The van der Waals surface area contributed by atoms with E-state index in [1.54, 1.807) is 6.07 Å². The molecule has 5 nitrogen and oxygen atoms in total. The average Bonchev–Trinajstić information content (AvgIpc) is 2.47. The monoisotopic (exact) mass is 303 g/mol. The summed E-state index contributed by atoms with van der Waals surface area (Å²) in [6.45, 7) is 3.78. The van der Waals surface area contributed by atoms with Gasteiger partial charge in [0, 0.05) is 25.5 Å². The third-order valence-corrected chi connectivity index (χ3v) is 4.45. The molecule has 0 spiro atoms. The first-order valence-electron chi connectivity index (χ1n) is 7.79. The fraction of sp³-hybridized carbons (Fsp3) is 0.529. The van der Waals surface area contributed by atoms with E-state index in [-0.39, 0.29) is 0 Å². The molecule has 1 aromatic rings. The molecule has 1 aromatic carbocycles. The molecule has 0 radical (unpaired) electrons. The lowest BCUT2D eigenvalue weighted by Gasteiger charge is -2.38. The zero-order valence-electron chi connectivity index (χ0n) is 13.0. The van der Waals surface area contributed by atoms with Gasteiger partial charge in [-0.1, -0.05) is 6.07 Å². The summed E-state index contributed by atoms with van der Waals surface area (Å²) >= 11 is 0. The van der Waals surface area contributed by atoms with E-state index in [2.05, 4.69) is 5.32 Å². The van der Waals surface area contributed by atoms with Gasteiger partial charge in [0.2, 0.25) is 0 Å². The molecule has 2 atom stereocenters. The zero-order chi connectivity index (χ0) is 15.7. The minimum Gasteiger partial charge on any atom is -0.423 e. The zero-order valence-corrected chi connectivity index (χ0v) is 13.0. The lowest BCUT2D eigenvalue weighted by atomic mass is 9.76. The Hall–Kier alpha value is -1.88. The van der Waals surface area contributed by atoms with Crippen LogP contribution in [-0.2, 0) is 22.4 Å². The minimum absolute atomic E-state index is 0.337. The highest BCUT2D eigenvalue weighted by Gasteiger charge is 2.33. The van der Waals surface area contributed by atoms with Crippen molar-refractivity contribution < 1.29 is 19.1 Å². The fourth-order valence-electron chi connectivity index (χ4n) is 3.55. The quantitative estimate of drug-likeness (QED) is 0.669. The van der Waals surface area contributed by atoms with Crippen LogP contribution in [-0.4, -0.2) is 24.5 Å². The van der Waals surface area contributed by atoms with Crippen LogP contribution in [0.1, 0.15) is 37.8 Å². The molecule has 1 aliphatic heterocycles. The molecular formula is C17H21NO4. The maximum atomic E-state index is 11.4. The predicted octanol–water partition coefficient (Wildman–Crippen LogP) is 2.00. The Balaban J connectivity index is 2.00. The van der Waals surface area contributed by atoms with E-state index in [0.717, 1.165) is 24.9 Å². The Labute approximate surface area is 130 Å². The molecule has 1 fully saturated rings. The Morgan fingerprint density at radius 3 is 2.64 bits per heavy atom. The molecule has 118 valence electrons. The molecule has 2 aliphatic rings. The van der Waals surface area contributed by atoms with Crippen LogP contribution in [0.4, 0.5) is 0 Å². The van der Waals surface area contributed by atoms with Crippen molar-refractivity contribution in [2.45, 2.75) is 45.6 Å². The summed E-state index contributed by atoms with van der Waals surface area (Å²) in [5.74, 6) is 0.489. The van der Waals surface area contributed by atoms with E-state index in [9.17, 15) is 9.59 Å². The van der Waals surface area contributed by atoms with Crippen molar-refractivity contribution in [2.75, 3.05) is 6.54 Å². The number of fused-ring (bicyclic) bond motifs is 2. The Morgan fingerprint density at radius 1 is 1.14 bits per heavy atom. The van der Waals surface area contributed by atoms with Gasteiger partial charge in [-0.3, -0.25) is 9.59 Å². The summed E-state index contributed by atoms with van der Waals surface area (Å²) in [7, 11) is 0. The van der Waals surface area contributed by atoms with Crippen molar-refractivity contribution in [3.8, 4) is 11.5 Å². The third-order valence-electron chi connectivity index (χ3n) is 4.45.